The minimum Gasteiger partial charge on any atom is -0.508 e. The van der Waals surface area contributed by atoms with Gasteiger partial charge in [0.15, 0.2) is 0 Å². The van der Waals surface area contributed by atoms with Crippen molar-refractivity contribution in [2.75, 3.05) is 7.05 Å². The average Bonchev–Trinajstić information content (AvgIpc) is 2.89. The summed E-state index contributed by atoms with van der Waals surface area (Å²) in [4.78, 5) is 13.6. The van der Waals surface area contributed by atoms with Gasteiger partial charge in [0.05, 0.1) is 11.9 Å². The maximum atomic E-state index is 12.0. The molecular weight excluding hydrogens is 258 g/mol. The number of hydrogen-bond acceptors (Lipinski definition) is 5. The SMILES string of the molecule is CN(Cc1ccc(O)cc1)C(=O)Cn1cc(CN)nn1. The second-order valence-corrected chi connectivity index (χ2v) is 4.53. The van der Waals surface area contributed by atoms with Crippen molar-refractivity contribution in [2.45, 2.75) is 19.6 Å². The number of aromatic nitrogens is 3. The molecule has 0 saturated heterocycles. The number of carbonyl (C=O) groups is 1. The molecule has 2 rings (SSSR count). The van der Waals surface area contributed by atoms with Crippen LogP contribution in [0.15, 0.2) is 30.5 Å². The zero-order valence-corrected chi connectivity index (χ0v) is 11.2. The van der Waals surface area contributed by atoms with Crippen LogP contribution in [0.25, 0.3) is 0 Å². The molecule has 7 heteroatoms. The van der Waals surface area contributed by atoms with E-state index in [2.05, 4.69) is 10.3 Å². The van der Waals surface area contributed by atoms with E-state index in [4.69, 9.17) is 5.73 Å². The van der Waals surface area contributed by atoms with Crippen molar-refractivity contribution in [1.29, 1.82) is 0 Å². The fourth-order valence-corrected chi connectivity index (χ4v) is 1.73. The molecule has 1 aromatic carbocycles. The minimum absolute atomic E-state index is 0.0773. The highest BCUT2D eigenvalue weighted by atomic mass is 16.3. The van der Waals surface area contributed by atoms with Gasteiger partial charge >= 0.3 is 0 Å². The third-order valence-electron chi connectivity index (χ3n) is 2.87. The fraction of sp³-hybridized carbons (Fsp3) is 0.308. The van der Waals surface area contributed by atoms with Crippen LogP contribution < -0.4 is 5.73 Å². The Kier molecular flexibility index (Phi) is 4.31. The van der Waals surface area contributed by atoms with Crippen LogP contribution in [0.1, 0.15) is 11.3 Å². The molecule has 2 aromatic rings. The summed E-state index contributed by atoms with van der Waals surface area (Å²) < 4.78 is 1.47. The number of hydrogen-bond donors (Lipinski definition) is 2. The van der Waals surface area contributed by atoms with E-state index in [0.717, 1.165) is 5.56 Å². The number of carbonyl (C=O) groups excluding carboxylic acids is 1. The number of phenols is 1. The zero-order chi connectivity index (χ0) is 14.5. The molecule has 3 N–H and O–H groups in total. The van der Waals surface area contributed by atoms with E-state index < -0.39 is 0 Å². The van der Waals surface area contributed by atoms with Gasteiger partial charge < -0.3 is 15.7 Å². The van der Waals surface area contributed by atoms with Gasteiger partial charge in [0.1, 0.15) is 12.3 Å². The molecule has 106 valence electrons. The lowest BCUT2D eigenvalue weighted by Crippen LogP contribution is -2.30. The van der Waals surface area contributed by atoms with Crippen LogP contribution in [0.3, 0.4) is 0 Å². The number of aromatic hydroxyl groups is 1. The van der Waals surface area contributed by atoms with E-state index in [1.165, 1.54) is 4.68 Å². The van der Waals surface area contributed by atoms with Gasteiger partial charge in [-0.2, -0.15) is 0 Å². The molecule has 0 fully saturated rings. The number of benzene rings is 1. The molecule has 0 aliphatic heterocycles. The van der Waals surface area contributed by atoms with Crippen molar-refractivity contribution in [3.05, 3.63) is 41.7 Å². The lowest BCUT2D eigenvalue weighted by Gasteiger charge is -2.17. The first-order valence-electron chi connectivity index (χ1n) is 6.19. The Balaban J connectivity index is 1.93. The number of amides is 1. The average molecular weight is 275 g/mol. The van der Waals surface area contributed by atoms with Crippen LogP contribution in [-0.4, -0.2) is 38.0 Å². The lowest BCUT2D eigenvalue weighted by molar-refractivity contribution is -0.131. The van der Waals surface area contributed by atoms with Crippen LogP contribution in [-0.2, 0) is 24.4 Å². The van der Waals surface area contributed by atoms with Gasteiger partial charge in [-0.25, -0.2) is 4.68 Å². The van der Waals surface area contributed by atoms with E-state index in [9.17, 15) is 9.90 Å². The second-order valence-electron chi connectivity index (χ2n) is 4.53. The maximum Gasteiger partial charge on any atom is 0.244 e. The quantitative estimate of drug-likeness (QED) is 0.806. The van der Waals surface area contributed by atoms with Crippen molar-refractivity contribution in [3.8, 4) is 5.75 Å². The summed E-state index contributed by atoms with van der Waals surface area (Å²) in [7, 11) is 1.72. The van der Waals surface area contributed by atoms with Crippen LogP contribution in [0.5, 0.6) is 5.75 Å². The highest BCUT2D eigenvalue weighted by Crippen LogP contribution is 2.11. The van der Waals surface area contributed by atoms with Gasteiger partial charge in [0, 0.05) is 20.1 Å². The standard InChI is InChI=1S/C13H17N5O2/c1-17(7-10-2-4-12(19)5-3-10)13(20)9-18-8-11(6-14)15-16-18/h2-5,8,19H,6-7,9,14H2,1H3. The summed E-state index contributed by atoms with van der Waals surface area (Å²) in [5, 5.41) is 16.9. The van der Waals surface area contributed by atoms with E-state index in [-0.39, 0.29) is 18.2 Å². The molecule has 1 amide bonds. The smallest absolute Gasteiger partial charge is 0.244 e. The largest absolute Gasteiger partial charge is 0.508 e. The summed E-state index contributed by atoms with van der Waals surface area (Å²) in [5.41, 5.74) is 7.03. The van der Waals surface area contributed by atoms with Gasteiger partial charge in [-0.1, -0.05) is 17.3 Å². The molecule has 1 heterocycles. The highest BCUT2D eigenvalue weighted by molar-refractivity contribution is 5.75. The van der Waals surface area contributed by atoms with Crippen LogP contribution in [0.4, 0.5) is 0 Å². The van der Waals surface area contributed by atoms with Crippen LogP contribution in [0.2, 0.25) is 0 Å². The molecule has 20 heavy (non-hydrogen) atoms. The normalized spacial score (nSPS) is 10.5. The first kappa shape index (κ1) is 14.0. The number of nitrogens with two attached hydrogens (primary N) is 1. The van der Waals surface area contributed by atoms with Crippen molar-refractivity contribution in [2.24, 2.45) is 5.73 Å². The molecule has 0 aliphatic rings. The first-order valence-corrected chi connectivity index (χ1v) is 6.19. The summed E-state index contributed by atoms with van der Waals surface area (Å²) >= 11 is 0. The highest BCUT2D eigenvalue weighted by Gasteiger charge is 2.11. The number of likely N-dealkylation sites (N-methyl/N-ethyl adjacent to an activating group) is 1. The van der Waals surface area contributed by atoms with Crippen molar-refractivity contribution < 1.29 is 9.90 Å². The van der Waals surface area contributed by atoms with Crippen molar-refractivity contribution in [1.82, 2.24) is 19.9 Å². The predicted octanol–water partition coefficient (Wildman–Crippen LogP) is 0.101. The second kappa shape index (κ2) is 6.16. The molecule has 0 saturated carbocycles. The summed E-state index contributed by atoms with van der Waals surface area (Å²) in [6.07, 6.45) is 1.66. The molecule has 0 radical (unpaired) electrons. The van der Waals surface area contributed by atoms with E-state index in [1.807, 2.05) is 0 Å². The molecule has 1 aromatic heterocycles. The van der Waals surface area contributed by atoms with Crippen molar-refractivity contribution in [3.63, 3.8) is 0 Å². The fourth-order valence-electron chi connectivity index (χ4n) is 1.73. The Morgan fingerprint density at radius 2 is 2.10 bits per heavy atom. The molecule has 0 aliphatic carbocycles. The molecule has 0 spiro atoms. The van der Waals surface area contributed by atoms with E-state index in [1.54, 1.807) is 42.4 Å². The summed E-state index contributed by atoms with van der Waals surface area (Å²) in [6, 6.07) is 6.75. The maximum absolute atomic E-state index is 12.0. The number of rotatable bonds is 5. The molecule has 0 unspecified atom stereocenters. The molecule has 0 atom stereocenters. The summed E-state index contributed by atoms with van der Waals surface area (Å²) in [6.45, 7) is 0.899. The number of nitrogens with zero attached hydrogens (tertiary/aromatic N) is 4. The van der Waals surface area contributed by atoms with Gasteiger partial charge in [-0.05, 0) is 17.7 Å². The molecule has 7 nitrogen and oxygen atoms in total. The van der Waals surface area contributed by atoms with Gasteiger partial charge in [-0.3, -0.25) is 4.79 Å². The number of phenolic OH excluding ortho intramolecular Hbond substituents is 1. The Labute approximate surface area is 116 Å². The minimum atomic E-state index is -0.0773. The summed E-state index contributed by atoms with van der Waals surface area (Å²) in [5.74, 6) is 0.131. The Morgan fingerprint density at radius 3 is 2.70 bits per heavy atom. The Bertz CT molecular complexity index is 579. The zero-order valence-electron chi connectivity index (χ0n) is 11.2. The van der Waals surface area contributed by atoms with Crippen LogP contribution >= 0.6 is 0 Å². The third-order valence-corrected chi connectivity index (χ3v) is 2.87. The Hall–Kier alpha value is -2.41. The van der Waals surface area contributed by atoms with Gasteiger partial charge in [-0.15, -0.1) is 5.10 Å². The predicted molar refractivity (Wildman–Crippen MR) is 72.5 cm³/mol. The third kappa shape index (κ3) is 3.55. The van der Waals surface area contributed by atoms with Crippen molar-refractivity contribution >= 4 is 5.91 Å². The molecule has 0 bridgehead atoms. The van der Waals surface area contributed by atoms with Gasteiger partial charge in [0.2, 0.25) is 5.91 Å². The van der Waals surface area contributed by atoms with E-state index >= 15 is 0 Å². The molecular formula is C13H17N5O2. The Morgan fingerprint density at radius 1 is 1.40 bits per heavy atom. The lowest BCUT2D eigenvalue weighted by atomic mass is 10.2. The van der Waals surface area contributed by atoms with Gasteiger partial charge in [0.25, 0.3) is 0 Å². The van der Waals surface area contributed by atoms with Crippen LogP contribution in [0, 0.1) is 0 Å². The first-order chi connectivity index (χ1) is 9.58. The topological polar surface area (TPSA) is 97.3 Å². The van der Waals surface area contributed by atoms with E-state index in [0.29, 0.717) is 18.8 Å². The monoisotopic (exact) mass is 275 g/mol.